The second-order valence-corrected chi connectivity index (χ2v) is 14.7. The molecule has 0 bridgehead atoms. The summed E-state index contributed by atoms with van der Waals surface area (Å²) >= 11 is 0. The summed E-state index contributed by atoms with van der Waals surface area (Å²) < 4.78 is 32.8. The van der Waals surface area contributed by atoms with Crippen molar-refractivity contribution in [2.75, 3.05) is 52.3 Å². The van der Waals surface area contributed by atoms with Crippen molar-refractivity contribution in [3.63, 3.8) is 0 Å². The van der Waals surface area contributed by atoms with Crippen molar-refractivity contribution in [1.82, 2.24) is 9.80 Å². The van der Waals surface area contributed by atoms with Gasteiger partial charge in [0, 0.05) is 32.8 Å². The molecule has 0 aliphatic carbocycles. The maximum Gasteiger partial charge on any atom is 0.264 e. The second kappa shape index (κ2) is 9.09. The maximum absolute atomic E-state index is 10.9. The van der Waals surface area contributed by atoms with E-state index in [1.807, 2.05) is 0 Å². The van der Waals surface area contributed by atoms with Gasteiger partial charge in [-0.2, -0.15) is 8.42 Å². The van der Waals surface area contributed by atoms with Gasteiger partial charge in [0.2, 0.25) is 0 Å². The van der Waals surface area contributed by atoms with E-state index < -0.39 is 18.4 Å². The third kappa shape index (κ3) is 8.40. The molecule has 0 aromatic heterocycles. The molecule has 0 N–H and O–H groups in total. The SMILES string of the molecule is CC(C)(C)[Si](C)(C)OCCCN1CCN(CCCOS(C)(=O)=O)C1. The minimum atomic E-state index is -3.31. The fourth-order valence-electron chi connectivity index (χ4n) is 2.40. The van der Waals surface area contributed by atoms with E-state index in [1.54, 1.807) is 0 Å². The molecule has 0 aromatic carbocycles. The molecule has 144 valence electrons. The van der Waals surface area contributed by atoms with E-state index in [9.17, 15) is 8.42 Å². The van der Waals surface area contributed by atoms with Crippen molar-refractivity contribution < 1.29 is 17.0 Å². The summed E-state index contributed by atoms with van der Waals surface area (Å²) in [6.45, 7) is 17.5. The van der Waals surface area contributed by atoms with Crippen LogP contribution in [0.15, 0.2) is 0 Å². The smallest absolute Gasteiger partial charge is 0.264 e. The predicted octanol–water partition coefficient (Wildman–Crippen LogP) is 2.34. The first-order valence-corrected chi connectivity index (χ1v) is 13.6. The van der Waals surface area contributed by atoms with Crippen LogP contribution in [0.3, 0.4) is 0 Å². The summed E-state index contributed by atoms with van der Waals surface area (Å²) in [5.74, 6) is 0. The molecule has 6 nitrogen and oxygen atoms in total. The van der Waals surface area contributed by atoms with Crippen LogP contribution in [0.4, 0.5) is 0 Å². The van der Waals surface area contributed by atoms with Crippen molar-refractivity contribution >= 4 is 18.4 Å². The molecular weight excluding hydrogens is 344 g/mol. The molecule has 0 unspecified atom stereocenters. The van der Waals surface area contributed by atoms with Gasteiger partial charge in [-0.15, -0.1) is 0 Å². The highest BCUT2D eigenvalue weighted by Crippen LogP contribution is 2.36. The summed E-state index contributed by atoms with van der Waals surface area (Å²) in [5, 5.41) is 0.269. The van der Waals surface area contributed by atoms with Crippen LogP contribution in [0, 0.1) is 0 Å². The summed E-state index contributed by atoms with van der Waals surface area (Å²) in [5.41, 5.74) is 0. The van der Waals surface area contributed by atoms with Crippen LogP contribution in [-0.2, 0) is 18.7 Å². The van der Waals surface area contributed by atoms with Gasteiger partial charge in [-0.3, -0.25) is 14.0 Å². The molecule has 1 fully saturated rings. The number of hydrogen-bond donors (Lipinski definition) is 0. The number of rotatable bonds is 10. The van der Waals surface area contributed by atoms with Crippen molar-refractivity contribution in [2.45, 2.75) is 51.7 Å². The Balaban J connectivity index is 2.13. The largest absolute Gasteiger partial charge is 0.417 e. The first kappa shape index (κ1) is 22.0. The van der Waals surface area contributed by atoms with Gasteiger partial charge in [-0.05, 0) is 31.0 Å². The van der Waals surface area contributed by atoms with Crippen LogP contribution in [0.25, 0.3) is 0 Å². The van der Waals surface area contributed by atoms with Crippen LogP contribution in [0.2, 0.25) is 18.1 Å². The average molecular weight is 381 g/mol. The molecule has 0 spiro atoms. The quantitative estimate of drug-likeness (QED) is 0.329. The van der Waals surface area contributed by atoms with E-state index >= 15 is 0 Å². The minimum absolute atomic E-state index is 0.269. The third-order valence-electron chi connectivity index (χ3n) is 4.94. The monoisotopic (exact) mass is 380 g/mol. The molecular formula is C16H36N2O4SSi. The van der Waals surface area contributed by atoms with Crippen LogP contribution < -0.4 is 0 Å². The zero-order valence-electron chi connectivity index (χ0n) is 16.3. The normalized spacial score (nSPS) is 18.4. The molecule has 0 saturated carbocycles. The van der Waals surface area contributed by atoms with Crippen molar-refractivity contribution in [3.05, 3.63) is 0 Å². The number of nitrogens with zero attached hydrogens (tertiary/aromatic N) is 2. The van der Waals surface area contributed by atoms with Gasteiger partial charge in [0.1, 0.15) is 0 Å². The predicted molar refractivity (Wildman–Crippen MR) is 101 cm³/mol. The van der Waals surface area contributed by atoms with E-state index in [0.29, 0.717) is 0 Å². The van der Waals surface area contributed by atoms with E-state index in [4.69, 9.17) is 8.61 Å². The van der Waals surface area contributed by atoms with Crippen LogP contribution in [0.5, 0.6) is 0 Å². The zero-order valence-corrected chi connectivity index (χ0v) is 18.1. The molecule has 1 aliphatic heterocycles. The van der Waals surface area contributed by atoms with Gasteiger partial charge in [0.15, 0.2) is 8.32 Å². The third-order valence-corrected chi connectivity index (χ3v) is 10.1. The van der Waals surface area contributed by atoms with Crippen molar-refractivity contribution in [3.8, 4) is 0 Å². The lowest BCUT2D eigenvalue weighted by molar-refractivity contribution is 0.208. The van der Waals surface area contributed by atoms with Crippen molar-refractivity contribution in [2.24, 2.45) is 0 Å². The van der Waals surface area contributed by atoms with E-state index in [0.717, 1.165) is 58.6 Å². The van der Waals surface area contributed by atoms with Gasteiger partial charge in [-0.1, -0.05) is 20.8 Å². The lowest BCUT2D eigenvalue weighted by Gasteiger charge is -2.36. The van der Waals surface area contributed by atoms with Crippen LogP contribution in [-0.4, -0.2) is 78.9 Å². The van der Waals surface area contributed by atoms with Crippen LogP contribution in [0.1, 0.15) is 33.6 Å². The molecule has 1 heterocycles. The Bertz CT molecular complexity index is 477. The summed E-state index contributed by atoms with van der Waals surface area (Å²) in [7, 11) is -4.93. The van der Waals surface area contributed by atoms with E-state index in [-0.39, 0.29) is 11.6 Å². The minimum Gasteiger partial charge on any atom is -0.417 e. The molecule has 8 heteroatoms. The molecule has 1 rings (SSSR count). The second-order valence-electron chi connectivity index (χ2n) is 8.22. The first-order chi connectivity index (χ1) is 10.9. The van der Waals surface area contributed by atoms with Gasteiger partial charge >= 0.3 is 0 Å². The summed E-state index contributed by atoms with van der Waals surface area (Å²) in [6.07, 6.45) is 2.91. The molecule has 0 atom stereocenters. The Morgan fingerprint density at radius 2 is 1.50 bits per heavy atom. The topological polar surface area (TPSA) is 59.1 Å². The maximum atomic E-state index is 10.9. The Morgan fingerprint density at radius 1 is 1.00 bits per heavy atom. The Hall–Kier alpha value is 0.00688. The Kier molecular flexibility index (Phi) is 8.35. The Morgan fingerprint density at radius 3 is 1.96 bits per heavy atom. The highest BCUT2D eigenvalue weighted by atomic mass is 32.2. The fraction of sp³-hybridized carbons (Fsp3) is 1.00. The van der Waals surface area contributed by atoms with Gasteiger partial charge < -0.3 is 4.43 Å². The highest BCUT2D eigenvalue weighted by molar-refractivity contribution is 7.85. The van der Waals surface area contributed by atoms with E-state index in [2.05, 4.69) is 43.7 Å². The van der Waals surface area contributed by atoms with E-state index in [1.165, 1.54) is 0 Å². The average Bonchev–Trinajstić information content (AvgIpc) is 2.85. The summed E-state index contributed by atoms with van der Waals surface area (Å²) in [4.78, 5) is 4.78. The summed E-state index contributed by atoms with van der Waals surface area (Å²) in [6, 6.07) is 0. The lowest BCUT2D eigenvalue weighted by Crippen LogP contribution is -2.41. The molecule has 1 aliphatic rings. The molecule has 0 aromatic rings. The fourth-order valence-corrected chi connectivity index (χ4v) is 3.91. The molecule has 1 saturated heterocycles. The van der Waals surface area contributed by atoms with Crippen LogP contribution >= 0.6 is 0 Å². The highest BCUT2D eigenvalue weighted by Gasteiger charge is 2.36. The molecule has 0 radical (unpaired) electrons. The lowest BCUT2D eigenvalue weighted by atomic mass is 10.2. The van der Waals surface area contributed by atoms with Gasteiger partial charge in [-0.25, -0.2) is 0 Å². The van der Waals surface area contributed by atoms with Crippen molar-refractivity contribution in [1.29, 1.82) is 0 Å². The molecule has 0 amide bonds. The molecule has 24 heavy (non-hydrogen) atoms. The number of hydrogen-bond acceptors (Lipinski definition) is 6. The van der Waals surface area contributed by atoms with Gasteiger partial charge in [0.05, 0.1) is 19.5 Å². The Labute approximate surface area is 149 Å². The zero-order chi connectivity index (χ0) is 18.4. The first-order valence-electron chi connectivity index (χ1n) is 8.84. The standard InChI is InChI=1S/C16H36N2O4SSi/c1-16(2,3)24(5,6)22-14-8-10-18-12-11-17(15-18)9-7-13-21-23(4,19)20/h7-15H2,1-6H3. The van der Waals surface area contributed by atoms with Gasteiger partial charge in [0.25, 0.3) is 10.1 Å².